The van der Waals surface area contributed by atoms with Crippen molar-refractivity contribution in [3.05, 3.63) is 23.8 Å². The SMILES string of the molecule is COc1cc(C)ccc1NC(=O)CN=CCC(C)(C)C. The van der Waals surface area contributed by atoms with E-state index in [0.29, 0.717) is 11.4 Å². The minimum Gasteiger partial charge on any atom is -0.495 e. The van der Waals surface area contributed by atoms with Crippen LogP contribution in [0.4, 0.5) is 5.69 Å². The van der Waals surface area contributed by atoms with Crippen LogP contribution in [0.15, 0.2) is 23.2 Å². The van der Waals surface area contributed by atoms with Crippen LogP contribution in [0.3, 0.4) is 0 Å². The number of hydrogen-bond acceptors (Lipinski definition) is 3. The summed E-state index contributed by atoms with van der Waals surface area (Å²) in [7, 11) is 1.59. The lowest BCUT2D eigenvalue weighted by atomic mass is 9.93. The number of aliphatic imine (C=N–C) groups is 1. The van der Waals surface area contributed by atoms with Gasteiger partial charge in [-0.1, -0.05) is 26.8 Å². The molecular formula is C16H24N2O2. The van der Waals surface area contributed by atoms with Gasteiger partial charge in [0.1, 0.15) is 12.3 Å². The highest BCUT2D eigenvalue weighted by Gasteiger charge is 2.08. The topological polar surface area (TPSA) is 50.7 Å². The van der Waals surface area contributed by atoms with E-state index in [1.54, 1.807) is 7.11 Å². The Morgan fingerprint density at radius 1 is 1.40 bits per heavy atom. The zero-order chi connectivity index (χ0) is 15.2. The van der Waals surface area contributed by atoms with Crippen molar-refractivity contribution in [2.75, 3.05) is 19.0 Å². The fraction of sp³-hybridized carbons (Fsp3) is 0.500. The van der Waals surface area contributed by atoms with Crippen molar-refractivity contribution >= 4 is 17.8 Å². The second-order valence-electron chi connectivity index (χ2n) is 6.04. The molecule has 0 aliphatic heterocycles. The fourth-order valence-corrected chi connectivity index (χ4v) is 1.58. The molecule has 0 saturated carbocycles. The normalized spacial score (nSPS) is 11.7. The summed E-state index contributed by atoms with van der Waals surface area (Å²) < 4.78 is 5.24. The predicted octanol–water partition coefficient (Wildman–Crippen LogP) is 3.45. The molecule has 0 aliphatic carbocycles. The highest BCUT2D eigenvalue weighted by Crippen LogP contribution is 2.25. The summed E-state index contributed by atoms with van der Waals surface area (Å²) in [5.41, 5.74) is 1.96. The van der Waals surface area contributed by atoms with Crippen LogP contribution in [-0.2, 0) is 4.79 Å². The number of nitrogens with one attached hydrogen (secondary N) is 1. The smallest absolute Gasteiger partial charge is 0.246 e. The second-order valence-corrected chi connectivity index (χ2v) is 6.04. The fourth-order valence-electron chi connectivity index (χ4n) is 1.58. The third-order valence-electron chi connectivity index (χ3n) is 2.70. The Morgan fingerprint density at radius 2 is 2.10 bits per heavy atom. The zero-order valence-corrected chi connectivity index (χ0v) is 13.0. The summed E-state index contributed by atoms with van der Waals surface area (Å²) in [5, 5.41) is 2.81. The lowest BCUT2D eigenvalue weighted by molar-refractivity contribution is -0.114. The van der Waals surface area contributed by atoms with Crippen molar-refractivity contribution in [3.63, 3.8) is 0 Å². The number of benzene rings is 1. The molecule has 1 rings (SSSR count). The van der Waals surface area contributed by atoms with Crippen LogP contribution in [0.25, 0.3) is 0 Å². The van der Waals surface area contributed by atoms with Gasteiger partial charge in [-0.05, 0) is 42.7 Å². The predicted molar refractivity (Wildman–Crippen MR) is 83.8 cm³/mol. The maximum atomic E-state index is 11.8. The number of ether oxygens (including phenoxy) is 1. The van der Waals surface area contributed by atoms with E-state index < -0.39 is 0 Å². The summed E-state index contributed by atoms with van der Waals surface area (Å²) in [5.74, 6) is 0.523. The van der Waals surface area contributed by atoms with Gasteiger partial charge >= 0.3 is 0 Å². The lowest BCUT2D eigenvalue weighted by Gasteiger charge is -2.13. The number of nitrogens with zero attached hydrogens (tertiary/aromatic N) is 1. The molecular weight excluding hydrogens is 252 g/mol. The Balaban J connectivity index is 2.55. The Hall–Kier alpha value is -1.84. The van der Waals surface area contributed by atoms with Crippen LogP contribution in [0.5, 0.6) is 5.75 Å². The van der Waals surface area contributed by atoms with Crippen LogP contribution in [0, 0.1) is 12.3 Å². The minimum atomic E-state index is -0.141. The number of anilines is 1. The Bertz CT molecular complexity index is 488. The van der Waals surface area contributed by atoms with E-state index in [9.17, 15) is 4.79 Å². The molecule has 0 aromatic heterocycles. The molecule has 20 heavy (non-hydrogen) atoms. The lowest BCUT2D eigenvalue weighted by Crippen LogP contribution is -2.16. The van der Waals surface area contributed by atoms with Crippen LogP contribution in [-0.4, -0.2) is 25.8 Å². The summed E-state index contributed by atoms with van der Waals surface area (Å²) in [6.45, 7) is 8.51. The van der Waals surface area contributed by atoms with Crippen molar-refractivity contribution in [1.82, 2.24) is 0 Å². The van der Waals surface area contributed by atoms with Gasteiger partial charge in [-0.3, -0.25) is 9.79 Å². The third kappa shape index (κ3) is 5.87. The summed E-state index contributed by atoms with van der Waals surface area (Å²) >= 11 is 0. The highest BCUT2D eigenvalue weighted by molar-refractivity contribution is 5.94. The van der Waals surface area contributed by atoms with Crippen LogP contribution in [0.1, 0.15) is 32.8 Å². The highest BCUT2D eigenvalue weighted by atomic mass is 16.5. The molecule has 0 fully saturated rings. The number of methoxy groups -OCH3 is 1. The van der Waals surface area contributed by atoms with Crippen molar-refractivity contribution in [1.29, 1.82) is 0 Å². The second kappa shape index (κ2) is 7.08. The van der Waals surface area contributed by atoms with E-state index in [-0.39, 0.29) is 17.9 Å². The molecule has 1 aromatic carbocycles. The minimum absolute atomic E-state index is 0.132. The average molecular weight is 276 g/mol. The zero-order valence-electron chi connectivity index (χ0n) is 13.0. The maximum absolute atomic E-state index is 11.8. The maximum Gasteiger partial charge on any atom is 0.246 e. The van der Waals surface area contributed by atoms with Gasteiger partial charge in [-0.15, -0.1) is 0 Å². The van der Waals surface area contributed by atoms with Gasteiger partial charge < -0.3 is 10.1 Å². The molecule has 1 N–H and O–H groups in total. The van der Waals surface area contributed by atoms with Gasteiger partial charge in [0, 0.05) is 0 Å². The van der Waals surface area contributed by atoms with E-state index in [2.05, 4.69) is 31.1 Å². The Morgan fingerprint density at radius 3 is 2.70 bits per heavy atom. The van der Waals surface area contributed by atoms with Gasteiger partial charge in [-0.25, -0.2) is 0 Å². The molecule has 0 aliphatic rings. The number of amides is 1. The summed E-state index contributed by atoms with van der Waals surface area (Å²) in [6, 6.07) is 5.66. The van der Waals surface area contributed by atoms with Gasteiger partial charge in [0.05, 0.1) is 12.8 Å². The molecule has 0 heterocycles. The molecule has 0 radical (unpaired) electrons. The van der Waals surface area contributed by atoms with E-state index >= 15 is 0 Å². The number of rotatable bonds is 5. The standard InChI is InChI=1S/C16H24N2O2/c1-12-6-7-13(14(10-12)20-5)18-15(19)11-17-9-8-16(2,3)4/h6-7,9-10H,8,11H2,1-5H3,(H,18,19). The van der Waals surface area contributed by atoms with E-state index in [1.165, 1.54) is 0 Å². The van der Waals surface area contributed by atoms with E-state index in [4.69, 9.17) is 4.74 Å². The quantitative estimate of drug-likeness (QED) is 0.837. The van der Waals surface area contributed by atoms with Crippen LogP contribution >= 0.6 is 0 Å². The molecule has 0 spiro atoms. The Kier molecular flexibility index (Phi) is 5.74. The van der Waals surface area contributed by atoms with Gasteiger partial charge in [-0.2, -0.15) is 0 Å². The van der Waals surface area contributed by atoms with E-state index in [0.717, 1.165) is 12.0 Å². The molecule has 4 heteroatoms. The van der Waals surface area contributed by atoms with Gasteiger partial charge in [0.25, 0.3) is 0 Å². The first-order valence-corrected chi connectivity index (χ1v) is 6.74. The van der Waals surface area contributed by atoms with Crippen molar-refractivity contribution in [2.45, 2.75) is 34.1 Å². The average Bonchev–Trinajstić information content (AvgIpc) is 2.35. The number of aryl methyl sites for hydroxylation is 1. The first-order valence-electron chi connectivity index (χ1n) is 6.74. The van der Waals surface area contributed by atoms with Crippen LogP contribution in [0.2, 0.25) is 0 Å². The number of hydrogen-bond donors (Lipinski definition) is 1. The molecule has 110 valence electrons. The molecule has 1 amide bonds. The summed E-state index contributed by atoms with van der Waals surface area (Å²) in [6.07, 6.45) is 2.67. The van der Waals surface area contributed by atoms with Crippen molar-refractivity contribution < 1.29 is 9.53 Å². The molecule has 1 aromatic rings. The Labute approximate surface area is 121 Å². The molecule has 0 unspecified atom stereocenters. The first-order chi connectivity index (χ1) is 9.31. The monoisotopic (exact) mass is 276 g/mol. The molecule has 0 saturated heterocycles. The van der Waals surface area contributed by atoms with Gasteiger partial charge in [0.15, 0.2) is 0 Å². The molecule has 4 nitrogen and oxygen atoms in total. The first kappa shape index (κ1) is 16.2. The van der Waals surface area contributed by atoms with Gasteiger partial charge in [0.2, 0.25) is 5.91 Å². The number of carbonyl (C=O) groups excluding carboxylic acids is 1. The molecule has 0 bridgehead atoms. The number of carbonyl (C=O) groups is 1. The molecule has 0 atom stereocenters. The third-order valence-corrected chi connectivity index (χ3v) is 2.70. The van der Waals surface area contributed by atoms with Crippen molar-refractivity contribution in [3.8, 4) is 5.75 Å². The summed E-state index contributed by atoms with van der Waals surface area (Å²) in [4.78, 5) is 16.0. The van der Waals surface area contributed by atoms with Crippen molar-refractivity contribution in [2.24, 2.45) is 10.4 Å². The largest absolute Gasteiger partial charge is 0.495 e. The van der Waals surface area contributed by atoms with Crippen LogP contribution < -0.4 is 10.1 Å². The van der Waals surface area contributed by atoms with E-state index in [1.807, 2.05) is 31.3 Å².